The van der Waals surface area contributed by atoms with Crippen molar-refractivity contribution in [2.24, 2.45) is 11.7 Å². The zero-order valence-electron chi connectivity index (χ0n) is 30.5. The van der Waals surface area contributed by atoms with Gasteiger partial charge < -0.3 is 35.5 Å². The van der Waals surface area contributed by atoms with Gasteiger partial charge in [0.15, 0.2) is 0 Å². The number of nitrogens with one attached hydrogen (secondary N) is 1. The lowest BCUT2D eigenvalue weighted by Crippen LogP contribution is -2.71. The molecule has 2 saturated heterocycles. The number of amides is 3. The molecule has 3 amide bonds. The summed E-state index contributed by atoms with van der Waals surface area (Å²) in [5.74, 6) is -6.36. The number of benzene rings is 1. The lowest BCUT2D eigenvalue weighted by molar-refractivity contribution is -0.924. The van der Waals surface area contributed by atoms with Gasteiger partial charge in [-0.05, 0) is 82.3 Å². The van der Waals surface area contributed by atoms with Crippen molar-refractivity contribution in [1.29, 1.82) is 0 Å². The summed E-state index contributed by atoms with van der Waals surface area (Å²) < 4.78 is 69.2. The Morgan fingerprint density at radius 1 is 0.982 bits per heavy atom. The normalized spacial score (nSPS) is 21.9. The SMILES string of the molecule is Cc1cc(COc2ccc(C3(N)CCN(C(C(=O)NO)C4CC[N+](C(=O)[O-])(C(C)(C)C)CC4)C3=O)cc2)cc(C)n1.O=C(O)C(F)(F)F.O=C(O)C(F)(F)F. The van der Waals surface area contributed by atoms with Crippen molar-refractivity contribution in [3.8, 4) is 5.75 Å². The van der Waals surface area contributed by atoms with Gasteiger partial charge in [0.05, 0.1) is 18.6 Å². The van der Waals surface area contributed by atoms with Crippen molar-refractivity contribution in [3.05, 3.63) is 58.9 Å². The number of pyridine rings is 1. The quantitative estimate of drug-likeness (QED) is 0.118. The molecule has 2 atom stereocenters. The number of carboxylic acid groups (broad SMARTS) is 3. The lowest BCUT2D eigenvalue weighted by Gasteiger charge is -2.52. The maximum absolute atomic E-state index is 13.8. The third kappa shape index (κ3) is 11.5. The number of carboxylic acids is 2. The summed E-state index contributed by atoms with van der Waals surface area (Å²) in [4.78, 5) is 62.4. The summed E-state index contributed by atoms with van der Waals surface area (Å²) in [7, 11) is 0. The molecule has 55 heavy (non-hydrogen) atoms. The molecule has 306 valence electrons. The smallest absolute Gasteiger partial charge is 0.490 e. The summed E-state index contributed by atoms with van der Waals surface area (Å²) in [6.07, 6.45) is -10.3. The van der Waals surface area contributed by atoms with Gasteiger partial charge in [-0.2, -0.15) is 26.3 Å². The van der Waals surface area contributed by atoms with Crippen LogP contribution in [0.3, 0.4) is 0 Å². The fourth-order valence-electron chi connectivity index (χ4n) is 6.46. The monoisotopic (exact) mass is 795 g/mol. The number of hydroxylamine groups is 1. The fourth-order valence-corrected chi connectivity index (χ4v) is 6.46. The Labute approximate surface area is 311 Å². The Hall–Kier alpha value is -5.02. The molecule has 2 fully saturated rings. The molecular weight excluding hydrogens is 752 g/mol. The van der Waals surface area contributed by atoms with Crippen LogP contribution in [0.4, 0.5) is 31.1 Å². The summed E-state index contributed by atoms with van der Waals surface area (Å²) in [6, 6.07) is 10.0. The third-order valence-corrected chi connectivity index (χ3v) is 9.35. The fraction of sp³-hybridized carbons (Fsp3) is 0.529. The van der Waals surface area contributed by atoms with Crippen molar-refractivity contribution in [3.63, 3.8) is 0 Å². The average Bonchev–Trinajstić information content (AvgIpc) is 3.37. The van der Waals surface area contributed by atoms with Crippen LogP contribution >= 0.6 is 0 Å². The van der Waals surface area contributed by atoms with Crippen LogP contribution in [0.5, 0.6) is 5.75 Å². The number of piperidine rings is 1. The molecule has 21 heteroatoms. The molecule has 0 radical (unpaired) electrons. The van der Waals surface area contributed by atoms with E-state index < -0.39 is 59.3 Å². The van der Waals surface area contributed by atoms with E-state index in [9.17, 15) is 51.0 Å². The zero-order chi connectivity index (χ0) is 42.3. The van der Waals surface area contributed by atoms with E-state index in [2.05, 4.69) is 4.98 Å². The van der Waals surface area contributed by atoms with E-state index in [1.54, 1.807) is 29.7 Å². The number of carbonyl (C=O) groups excluding carboxylic acids is 3. The number of likely N-dealkylation sites (tertiary alicyclic amines) is 2. The van der Waals surface area contributed by atoms with Crippen molar-refractivity contribution in [2.45, 2.75) is 90.0 Å². The minimum Gasteiger partial charge on any atom is -0.498 e. The lowest BCUT2D eigenvalue weighted by atomic mass is 9.84. The summed E-state index contributed by atoms with van der Waals surface area (Å²) >= 11 is 0. The van der Waals surface area contributed by atoms with Crippen LogP contribution in [0.15, 0.2) is 36.4 Å². The number of rotatable bonds is 7. The molecule has 1 aromatic heterocycles. The Balaban J connectivity index is 0.000000633. The highest BCUT2D eigenvalue weighted by Crippen LogP contribution is 2.39. The number of aryl methyl sites for hydroxylation is 2. The van der Waals surface area contributed by atoms with Crippen molar-refractivity contribution >= 4 is 29.8 Å². The Bertz CT molecular complexity index is 1660. The van der Waals surface area contributed by atoms with E-state index in [0.29, 0.717) is 30.8 Å². The topological polar surface area (TPSA) is 233 Å². The van der Waals surface area contributed by atoms with Gasteiger partial charge in [-0.1, -0.05) is 12.1 Å². The number of hydrogen-bond acceptors (Lipinski definition) is 10. The van der Waals surface area contributed by atoms with E-state index in [0.717, 1.165) is 17.0 Å². The van der Waals surface area contributed by atoms with Gasteiger partial charge in [0.25, 0.3) is 12.0 Å². The predicted molar refractivity (Wildman–Crippen MR) is 176 cm³/mol. The minimum absolute atomic E-state index is 0.225. The second-order valence-corrected chi connectivity index (χ2v) is 14.0. The first-order chi connectivity index (χ1) is 25.1. The summed E-state index contributed by atoms with van der Waals surface area (Å²) in [6.45, 7) is 10.5. The van der Waals surface area contributed by atoms with Gasteiger partial charge in [-0.25, -0.2) is 15.1 Å². The molecule has 3 heterocycles. The van der Waals surface area contributed by atoms with Crippen molar-refractivity contribution in [1.82, 2.24) is 15.4 Å². The van der Waals surface area contributed by atoms with Gasteiger partial charge >= 0.3 is 24.3 Å². The van der Waals surface area contributed by atoms with Gasteiger partial charge in [-0.3, -0.25) is 24.3 Å². The molecule has 6 N–H and O–H groups in total. The second kappa shape index (κ2) is 17.6. The van der Waals surface area contributed by atoms with E-state index in [1.165, 1.54) is 4.90 Å². The van der Waals surface area contributed by atoms with Crippen LogP contribution in [0.25, 0.3) is 0 Å². The highest BCUT2D eigenvalue weighted by atomic mass is 19.4. The molecule has 0 spiro atoms. The minimum atomic E-state index is -5.08. The summed E-state index contributed by atoms with van der Waals surface area (Å²) in [5, 5.41) is 36.0. The Morgan fingerprint density at radius 3 is 1.82 bits per heavy atom. The molecule has 2 aliphatic heterocycles. The largest absolute Gasteiger partial charge is 0.498 e. The number of hydrogen-bond donors (Lipinski definition) is 5. The molecular formula is C34H43F6N5O10. The van der Waals surface area contributed by atoms with E-state index in [4.69, 9.17) is 30.3 Å². The number of ether oxygens (including phenoxy) is 1. The number of alkyl halides is 6. The van der Waals surface area contributed by atoms with Gasteiger partial charge in [0, 0.05) is 30.8 Å². The number of carbonyl (C=O) groups is 5. The summed E-state index contributed by atoms with van der Waals surface area (Å²) in [5.41, 5.74) is 9.89. The molecule has 2 aliphatic rings. The number of quaternary nitrogens is 1. The number of nitrogens with zero attached hydrogens (tertiary/aromatic N) is 3. The van der Waals surface area contributed by atoms with Crippen molar-refractivity contribution < 1.29 is 80.1 Å². The van der Waals surface area contributed by atoms with Crippen LogP contribution in [0, 0.1) is 19.8 Å². The molecule has 2 unspecified atom stereocenters. The first-order valence-corrected chi connectivity index (χ1v) is 16.5. The predicted octanol–water partition coefficient (Wildman–Crippen LogP) is 3.17. The van der Waals surface area contributed by atoms with Crippen LogP contribution < -0.4 is 21.1 Å². The van der Waals surface area contributed by atoms with Crippen molar-refractivity contribution in [2.75, 3.05) is 19.6 Å². The standard InChI is InChI=1S/C30H41N5O6.2C2HF3O2/c1-19-16-21(17-20(2)32-19)18-41-24-8-6-23(7-9-24)30(31)12-13-34(27(30)37)25(26(36)33-40)22-10-14-35(15-11-22,28(38)39)29(3,4)5;2*3-2(4,5)1(6)7/h6-9,16-17,22,25H,10-15,18,31H2,1-5H3,(H2-,33,36,38,39,40);2*(H,6,7). The molecule has 0 aliphatic carbocycles. The maximum atomic E-state index is 13.8. The van der Waals surface area contributed by atoms with Gasteiger partial charge in [0.1, 0.15) is 23.9 Å². The van der Waals surface area contributed by atoms with E-state index in [-0.39, 0.29) is 36.5 Å². The van der Waals surface area contributed by atoms with Gasteiger partial charge in [-0.15, -0.1) is 0 Å². The molecule has 2 aromatic rings. The second-order valence-electron chi connectivity index (χ2n) is 14.0. The number of halogens is 6. The molecule has 15 nitrogen and oxygen atoms in total. The number of aliphatic carboxylic acids is 2. The van der Waals surface area contributed by atoms with Crippen LogP contribution in [0.2, 0.25) is 0 Å². The van der Waals surface area contributed by atoms with E-state index in [1.807, 2.05) is 46.8 Å². The zero-order valence-corrected chi connectivity index (χ0v) is 30.5. The first kappa shape index (κ1) is 46.1. The third-order valence-electron chi connectivity index (χ3n) is 9.35. The van der Waals surface area contributed by atoms with Crippen LogP contribution in [0.1, 0.15) is 62.5 Å². The highest BCUT2D eigenvalue weighted by Gasteiger charge is 2.53. The number of nitrogens with two attached hydrogens (primary N) is 1. The average molecular weight is 796 g/mol. The van der Waals surface area contributed by atoms with Crippen LogP contribution in [-0.4, -0.2) is 103 Å². The van der Waals surface area contributed by atoms with Gasteiger partial charge in [0.2, 0.25) is 5.91 Å². The Morgan fingerprint density at radius 2 is 1.44 bits per heavy atom. The number of aromatic nitrogens is 1. The van der Waals surface area contributed by atoms with E-state index >= 15 is 0 Å². The highest BCUT2D eigenvalue weighted by molar-refractivity contribution is 5.94. The molecule has 4 rings (SSSR count). The first-order valence-electron chi connectivity index (χ1n) is 16.5. The molecule has 1 aromatic carbocycles. The Kier molecular flexibility index (Phi) is 14.8. The molecule has 0 saturated carbocycles. The maximum Gasteiger partial charge on any atom is 0.490 e. The molecule has 0 bridgehead atoms. The van der Waals surface area contributed by atoms with Crippen LogP contribution in [-0.2, 0) is 31.3 Å².